The highest BCUT2D eigenvalue weighted by Gasteiger charge is 2.07. The molecule has 0 heterocycles. The van der Waals surface area contributed by atoms with Crippen molar-refractivity contribution < 1.29 is 4.74 Å². The first-order chi connectivity index (χ1) is 12.5. The Morgan fingerprint density at radius 2 is 1.50 bits per heavy atom. The number of anilines is 1. The maximum absolute atomic E-state index is 6.17. The third-order valence-electron chi connectivity index (χ3n) is 3.75. The third-order valence-corrected chi connectivity index (χ3v) is 5.03. The molecule has 0 aliphatic heterocycles. The van der Waals surface area contributed by atoms with Crippen molar-refractivity contribution in [1.29, 1.82) is 0 Å². The summed E-state index contributed by atoms with van der Waals surface area (Å²) in [4.78, 5) is 0. The predicted octanol–water partition coefficient (Wildman–Crippen LogP) is 7.49. The van der Waals surface area contributed by atoms with Crippen LogP contribution in [0.5, 0.6) is 5.75 Å². The van der Waals surface area contributed by atoms with Gasteiger partial charge < -0.3 is 10.1 Å². The Bertz CT molecular complexity index is 894. The summed E-state index contributed by atoms with van der Waals surface area (Å²) in [6.07, 6.45) is 0. The Hall–Kier alpha value is -1.58. The molecule has 0 saturated heterocycles. The molecule has 3 rings (SSSR count). The van der Waals surface area contributed by atoms with Crippen LogP contribution >= 0.6 is 46.4 Å². The lowest BCUT2D eigenvalue weighted by Gasteiger charge is -2.12. The molecule has 0 radical (unpaired) electrons. The van der Waals surface area contributed by atoms with E-state index in [-0.39, 0.29) is 0 Å². The molecule has 3 aromatic carbocycles. The molecule has 0 atom stereocenters. The Morgan fingerprint density at radius 3 is 2.27 bits per heavy atom. The zero-order valence-electron chi connectivity index (χ0n) is 13.6. The minimum atomic E-state index is 0.301. The first-order valence-corrected chi connectivity index (χ1v) is 9.37. The Labute approximate surface area is 172 Å². The van der Waals surface area contributed by atoms with Crippen LogP contribution in [0.1, 0.15) is 11.1 Å². The van der Waals surface area contributed by atoms with Crippen molar-refractivity contribution in [2.45, 2.75) is 13.2 Å². The van der Waals surface area contributed by atoms with Crippen molar-refractivity contribution in [3.8, 4) is 5.75 Å². The summed E-state index contributed by atoms with van der Waals surface area (Å²) in [5.41, 5.74) is 2.60. The molecule has 134 valence electrons. The highest BCUT2D eigenvalue weighted by molar-refractivity contribution is 6.36. The molecular formula is C20H15Cl4NO. The van der Waals surface area contributed by atoms with Gasteiger partial charge in [-0.3, -0.25) is 0 Å². The van der Waals surface area contributed by atoms with Gasteiger partial charge in [-0.2, -0.15) is 0 Å². The van der Waals surface area contributed by atoms with E-state index in [0.29, 0.717) is 33.2 Å². The van der Waals surface area contributed by atoms with Crippen LogP contribution in [0.2, 0.25) is 20.1 Å². The van der Waals surface area contributed by atoms with Crippen molar-refractivity contribution >= 4 is 52.1 Å². The summed E-state index contributed by atoms with van der Waals surface area (Å²) < 4.78 is 5.85. The zero-order valence-corrected chi connectivity index (χ0v) is 16.6. The van der Waals surface area contributed by atoms with E-state index < -0.39 is 0 Å². The smallest absolute Gasteiger partial charge is 0.120 e. The van der Waals surface area contributed by atoms with Crippen LogP contribution in [-0.2, 0) is 13.2 Å². The van der Waals surface area contributed by atoms with Crippen LogP contribution in [0, 0.1) is 0 Å². The number of hydrogen-bond acceptors (Lipinski definition) is 2. The number of ether oxygens (including phenoxy) is 1. The van der Waals surface area contributed by atoms with E-state index in [4.69, 9.17) is 51.1 Å². The van der Waals surface area contributed by atoms with Gasteiger partial charge in [0.15, 0.2) is 0 Å². The average Bonchev–Trinajstić information content (AvgIpc) is 2.62. The lowest BCUT2D eigenvalue weighted by molar-refractivity contribution is 0.306. The van der Waals surface area contributed by atoms with Gasteiger partial charge in [0.1, 0.15) is 12.4 Å². The standard InChI is InChI=1S/C20H15Cl4NO/c21-14-7-8-19(24)20(10-14)25-11-13-3-1-4-15(9-13)26-12-16-17(22)5-2-6-18(16)23/h1-10,25H,11-12H2. The van der Waals surface area contributed by atoms with Gasteiger partial charge in [0.05, 0.1) is 10.7 Å². The summed E-state index contributed by atoms with van der Waals surface area (Å²) in [5, 5.41) is 5.70. The molecule has 2 nitrogen and oxygen atoms in total. The second-order valence-electron chi connectivity index (χ2n) is 5.61. The van der Waals surface area contributed by atoms with Crippen LogP contribution in [0.4, 0.5) is 5.69 Å². The van der Waals surface area contributed by atoms with E-state index >= 15 is 0 Å². The second kappa shape index (κ2) is 8.88. The highest BCUT2D eigenvalue weighted by Crippen LogP contribution is 2.27. The molecule has 0 saturated carbocycles. The molecule has 0 spiro atoms. The topological polar surface area (TPSA) is 21.3 Å². The molecule has 1 N–H and O–H groups in total. The van der Waals surface area contributed by atoms with Gasteiger partial charge in [-0.15, -0.1) is 0 Å². The SMILES string of the molecule is Clc1ccc(Cl)c(NCc2cccc(OCc3c(Cl)cccc3Cl)c2)c1. The lowest BCUT2D eigenvalue weighted by atomic mass is 10.2. The van der Waals surface area contributed by atoms with Gasteiger partial charge in [0.25, 0.3) is 0 Å². The molecular weight excluding hydrogens is 412 g/mol. The Morgan fingerprint density at radius 1 is 0.769 bits per heavy atom. The monoisotopic (exact) mass is 425 g/mol. The summed E-state index contributed by atoms with van der Waals surface area (Å²) >= 11 is 24.5. The van der Waals surface area contributed by atoms with Crippen molar-refractivity contribution in [2.75, 3.05) is 5.32 Å². The largest absolute Gasteiger partial charge is 0.489 e. The first kappa shape index (κ1) is 19.2. The highest BCUT2D eigenvalue weighted by atomic mass is 35.5. The summed E-state index contributed by atoms with van der Waals surface area (Å²) in [7, 11) is 0. The molecule has 3 aromatic rings. The Kier molecular flexibility index (Phi) is 6.55. The lowest BCUT2D eigenvalue weighted by Crippen LogP contribution is -2.01. The molecule has 26 heavy (non-hydrogen) atoms. The fourth-order valence-electron chi connectivity index (χ4n) is 2.40. The number of halogens is 4. The van der Waals surface area contributed by atoms with E-state index in [1.54, 1.807) is 36.4 Å². The molecule has 6 heteroatoms. The van der Waals surface area contributed by atoms with Gasteiger partial charge in [-0.1, -0.05) is 64.6 Å². The van der Waals surface area contributed by atoms with Crippen LogP contribution in [0.3, 0.4) is 0 Å². The van der Waals surface area contributed by atoms with E-state index in [9.17, 15) is 0 Å². The number of hydrogen-bond donors (Lipinski definition) is 1. The average molecular weight is 427 g/mol. The number of nitrogens with one attached hydrogen (secondary N) is 1. The fraction of sp³-hybridized carbons (Fsp3) is 0.100. The number of benzene rings is 3. The van der Waals surface area contributed by atoms with E-state index in [1.165, 1.54) is 0 Å². The molecule has 0 aromatic heterocycles. The summed E-state index contributed by atoms with van der Waals surface area (Å²) in [6.45, 7) is 0.889. The molecule has 0 fully saturated rings. The van der Waals surface area contributed by atoms with E-state index in [2.05, 4.69) is 5.32 Å². The van der Waals surface area contributed by atoms with Crippen molar-refractivity contribution in [3.05, 3.63) is 91.9 Å². The normalized spacial score (nSPS) is 10.6. The van der Waals surface area contributed by atoms with Crippen molar-refractivity contribution in [1.82, 2.24) is 0 Å². The van der Waals surface area contributed by atoms with Gasteiger partial charge in [-0.05, 0) is 48.0 Å². The van der Waals surface area contributed by atoms with Crippen LogP contribution in [0.15, 0.2) is 60.7 Å². The van der Waals surface area contributed by atoms with Crippen molar-refractivity contribution in [3.63, 3.8) is 0 Å². The quantitative estimate of drug-likeness (QED) is 0.440. The van der Waals surface area contributed by atoms with E-state index in [1.807, 2.05) is 24.3 Å². The van der Waals surface area contributed by atoms with Crippen molar-refractivity contribution in [2.24, 2.45) is 0 Å². The summed E-state index contributed by atoms with van der Waals surface area (Å²) in [5.74, 6) is 0.734. The minimum absolute atomic E-state index is 0.301. The maximum Gasteiger partial charge on any atom is 0.120 e. The minimum Gasteiger partial charge on any atom is -0.489 e. The molecule has 0 bridgehead atoms. The van der Waals surface area contributed by atoms with Gasteiger partial charge >= 0.3 is 0 Å². The third kappa shape index (κ3) is 4.99. The van der Waals surface area contributed by atoms with Crippen LogP contribution in [-0.4, -0.2) is 0 Å². The van der Waals surface area contributed by atoms with Gasteiger partial charge in [0, 0.05) is 27.2 Å². The van der Waals surface area contributed by atoms with Crippen LogP contribution < -0.4 is 10.1 Å². The van der Waals surface area contributed by atoms with Gasteiger partial charge in [0.2, 0.25) is 0 Å². The van der Waals surface area contributed by atoms with E-state index in [0.717, 1.165) is 22.6 Å². The molecule has 0 amide bonds. The molecule has 0 aliphatic carbocycles. The number of rotatable bonds is 6. The Balaban J connectivity index is 1.66. The molecule has 0 unspecified atom stereocenters. The second-order valence-corrected chi connectivity index (χ2v) is 7.27. The predicted molar refractivity (Wildman–Crippen MR) is 111 cm³/mol. The zero-order chi connectivity index (χ0) is 18.5. The first-order valence-electron chi connectivity index (χ1n) is 7.86. The molecule has 0 aliphatic rings. The maximum atomic E-state index is 6.17. The fourth-order valence-corrected chi connectivity index (χ4v) is 3.26. The van der Waals surface area contributed by atoms with Crippen LogP contribution in [0.25, 0.3) is 0 Å². The van der Waals surface area contributed by atoms with Gasteiger partial charge in [-0.25, -0.2) is 0 Å². The summed E-state index contributed by atoms with van der Waals surface area (Å²) in [6, 6.07) is 18.5.